The van der Waals surface area contributed by atoms with Crippen molar-refractivity contribution >= 4 is 27.9 Å². The van der Waals surface area contributed by atoms with Crippen molar-refractivity contribution in [3.63, 3.8) is 0 Å². The molecular weight excluding hydrogens is 313 g/mol. The Labute approximate surface area is 120 Å². The van der Waals surface area contributed by atoms with E-state index in [4.69, 9.17) is 5.11 Å². The van der Waals surface area contributed by atoms with Crippen LogP contribution in [0.2, 0.25) is 0 Å². The number of benzene rings is 1. The first kappa shape index (κ1) is 15.9. The largest absolute Gasteiger partial charge is 0.393 e. The van der Waals surface area contributed by atoms with Crippen LogP contribution in [-0.2, 0) is 4.79 Å². The Morgan fingerprint density at radius 2 is 2.26 bits per heavy atom. The zero-order valence-electron chi connectivity index (χ0n) is 10.9. The summed E-state index contributed by atoms with van der Waals surface area (Å²) in [5.41, 5.74) is 0.353. The summed E-state index contributed by atoms with van der Waals surface area (Å²) in [4.78, 5) is 13.2. The third-order valence-corrected chi connectivity index (χ3v) is 3.12. The number of hydrogen-bond acceptors (Lipinski definition) is 2. The van der Waals surface area contributed by atoms with Gasteiger partial charge in [-0.1, -0.05) is 15.9 Å². The summed E-state index contributed by atoms with van der Waals surface area (Å²) in [5.74, 6) is -0.598. The number of aliphatic hydroxyl groups excluding tert-OH is 1. The van der Waals surface area contributed by atoms with Gasteiger partial charge >= 0.3 is 0 Å². The van der Waals surface area contributed by atoms with Crippen molar-refractivity contribution in [3.05, 3.63) is 40.1 Å². The molecular formula is C14H17BrFNO2. The molecule has 0 saturated heterocycles. The first-order valence-corrected chi connectivity index (χ1v) is 6.75. The minimum Gasteiger partial charge on any atom is -0.393 e. The average molecular weight is 330 g/mol. The number of nitrogens with zero attached hydrogens (tertiary/aromatic N) is 1. The third kappa shape index (κ3) is 5.53. The fraction of sp³-hybridized carbons (Fsp3) is 0.357. The van der Waals surface area contributed by atoms with Gasteiger partial charge in [-0.15, -0.1) is 0 Å². The molecule has 0 fully saturated rings. The molecule has 1 unspecified atom stereocenters. The minimum atomic E-state index is -0.443. The van der Waals surface area contributed by atoms with Crippen LogP contribution >= 0.6 is 15.9 Å². The van der Waals surface area contributed by atoms with Crippen LogP contribution in [0.25, 0.3) is 6.08 Å². The van der Waals surface area contributed by atoms with Crippen molar-refractivity contribution in [1.82, 2.24) is 4.90 Å². The van der Waals surface area contributed by atoms with Gasteiger partial charge < -0.3 is 10.0 Å². The lowest BCUT2D eigenvalue weighted by Gasteiger charge is -2.15. The van der Waals surface area contributed by atoms with Crippen LogP contribution in [0.1, 0.15) is 18.9 Å². The lowest BCUT2D eigenvalue weighted by Crippen LogP contribution is -2.27. The summed E-state index contributed by atoms with van der Waals surface area (Å²) in [5, 5.41) is 9.15. The molecule has 0 spiro atoms. The maximum atomic E-state index is 13.4. The van der Waals surface area contributed by atoms with Crippen molar-refractivity contribution in [2.75, 3.05) is 13.6 Å². The van der Waals surface area contributed by atoms with E-state index < -0.39 is 6.10 Å². The van der Waals surface area contributed by atoms with E-state index in [0.717, 1.165) is 4.47 Å². The van der Waals surface area contributed by atoms with Crippen LogP contribution in [0.3, 0.4) is 0 Å². The van der Waals surface area contributed by atoms with E-state index >= 15 is 0 Å². The zero-order chi connectivity index (χ0) is 14.4. The number of aliphatic hydroxyl groups is 1. The number of amides is 1. The van der Waals surface area contributed by atoms with Crippen LogP contribution in [0, 0.1) is 5.82 Å². The zero-order valence-corrected chi connectivity index (χ0v) is 12.5. The summed E-state index contributed by atoms with van der Waals surface area (Å²) in [6, 6.07) is 4.55. The van der Waals surface area contributed by atoms with Gasteiger partial charge in [-0.05, 0) is 37.6 Å². The van der Waals surface area contributed by atoms with Crippen LogP contribution in [-0.4, -0.2) is 35.6 Å². The molecule has 1 aromatic rings. The highest BCUT2D eigenvalue weighted by atomic mass is 79.9. The van der Waals surface area contributed by atoms with Gasteiger partial charge in [0.05, 0.1) is 6.10 Å². The van der Waals surface area contributed by atoms with E-state index in [1.165, 1.54) is 23.1 Å². The van der Waals surface area contributed by atoms with E-state index in [1.54, 1.807) is 26.1 Å². The van der Waals surface area contributed by atoms with Crippen LogP contribution in [0.4, 0.5) is 4.39 Å². The van der Waals surface area contributed by atoms with E-state index in [0.29, 0.717) is 18.5 Å². The summed E-state index contributed by atoms with van der Waals surface area (Å²) in [6.07, 6.45) is 2.84. The fourth-order valence-corrected chi connectivity index (χ4v) is 1.80. The molecule has 5 heteroatoms. The second-order valence-electron chi connectivity index (χ2n) is 4.40. The Morgan fingerprint density at radius 3 is 2.89 bits per heavy atom. The molecule has 0 radical (unpaired) electrons. The van der Waals surface area contributed by atoms with E-state index in [2.05, 4.69) is 15.9 Å². The van der Waals surface area contributed by atoms with E-state index in [9.17, 15) is 9.18 Å². The van der Waals surface area contributed by atoms with Gasteiger partial charge in [-0.25, -0.2) is 4.39 Å². The molecule has 19 heavy (non-hydrogen) atoms. The Bertz CT molecular complexity index is 475. The minimum absolute atomic E-state index is 0.222. The third-order valence-electron chi connectivity index (χ3n) is 2.62. The maximum absolute atomic E-state index is 13.4. The molecule has 1 rings (SSSR count). The predicted octanol–water partition coefficient (Wildman–Crippen LogP) is 2.83. The molecule has 0 bridgehead atoms. The van der Waals surface area contributed by atoms with Gasteiger partial charge in [0.2, 0.25) is 5.91 Å². The normalized spacial score (nSPS) is 12.7. The van der Waals surface area contributed by atoms with Gasteiger partial charge in [-0.3, -0.25) is 4.79 Å². The number of rotatable bonds is 5. The first-order valence-electron chi connectivity index (χ1n) is 5.96. The molecule has 104 valence electrons. The molecule has 1 aromatic carbocycles. The molecule has 1 N–H and O–H groups in total. The van der Waals surface area contributed by atoms with E-state index in [1.807, 2.05) is 0 Å². The number of carbonyl (C=O) groups excluding carboxylic acids is 1. The number of halogens is 2. The monoisotopic (exact) mass is 329 g/mol. The fourth-order valence-electron chi connectivity index (χ4n) is 1.42. The highest BCUT2D eigenvalue weighted by Gasteiger charge is 2.07. The Balaban J connectivity index is 2.65. The van der Waals surface area contributed by atoms with Crippen molar-refractivity contribution in [2.24, 2.45) is 0 Å². The number of carbonyl (C=O) groups is 1. The molecule has 1 atom stereocenters. The Morgan fingerprint density at radius 1 is 1.58 bits per heavy atom. The van der Waals surface area contributed by atoms with Crippen LogP contribution in [0.5, 0.6) is 0 Å². The quantitative estimate of drug-likeness (QED) is 0.844. The molecule has 0 heterocycles. The summed E-state index contributed by atoms with van der Waals surface area (Å²) in [6.45, 7) is 2.13. The number of hydrogen-bond donors (Lipinski definition) is 1. The maximum Gasteiger partial charge on any atom is 0.246 e. The molecule has 0 saturated carbocycles. The lowest BCUT2D eigenvalue weighted by molar-refractivity contribution is -0.124. The first-order chi connectivity index (χ1) is 8.90. The van der Waals surface area contributed by atoms with Gasteiger partial charge in [0.15, 0.2) is 0 Å². The van der Waals surface area contributed by atoms with Gasteiger partial charge in [0.1, 0.15) is 5.82 Å². The van der Waals surface area contributed by atoms with Gasteiger partial charge in [0, 0.05) is 29.7 Å². The van der Waals surface area contributed by atoms with Crippen molar-refractivity contribution in [2.45, 2.75) is 19.4 Å². The summed E-state index contributed by atoms with van der Waals surface area (Å²) < 4.78 is 14.2. The molecule has 3 nitrogen and oxygen atoms in total. The van der Waals surface area contributed by atoms with Gasteiger partial charge in [-0.2, -0.15) is 0 Å². The van der Waals surface area contributed by atoms with Gasteiger partial charge in [0.25, 0.3) is 0 Å². The molecule has 0 aromatic heterocycles. The smallest absolute Gasteiger partial charge is 0.246 e. The summed E-state index contributed by atoms with van der Waals surface area (Å²) >= 11 is 3.25. The predicted molar refractivity (Wildman–Crippen MR) is 77.1 cm³/mol. The second kappa shape index (κ2) is 7.40. The molecule has 1 amide bonds. The van der Waals surface area contributed by atoms with Crippen molar-refractivity contribution in [3.8, 4) is 0 Å². The summed E-state index contributed by atoms with van der Waals surface area (Å²) in [7, 11) is 1.65. The standard InChI is InChI=1S/C14H17BrFNO2/c1-10(18)7-8-17(2)14(19)6-3-11-9-12(15)4-5-13(11)16/h3-6,9-10,18H,7-8H2,1-2H3/b6-3+. The lowest BCUT2D eigenvalue weighted by atomic mass is 10.2. The van der Waals surface area contributed by atoms with Crippen molar-refractivity contribution in [1.29, 1.82) is 0 Å². The molecule has 0 aliphatic carbocycles. The topological polar surface area (TPSA) is 40.5 Å². The average Bonchev–Trinajstić information content (AvgIpc) is 2.36. The molecule has 0 aliphatic heterocycles. The van der Waals surface area contributed by atoms with Crippen LogP contribution < -0.4 is 0 Å². The Hall–Kier alpha value is -1.20. The second-order valence-corrected chi connectivity index (χ2v) is 5.31. The highest BCUT2D eigenvalue weighted by molar-refractivity contribution is 9.10. The SMILES string of the molecule is CC(O)CCN(C)C(=O)/C=C/c1cc(Br)ccc1F. The van der Waals surface area contributed by atoms with Crippen LogP contribution in [0.15, 0.2) is 28.7 Å². The number of likely N-dealkylation sites (N-methyl/N-ethyl adjacent to an activating group) is 1. The Kier molecular flexibility index (Phi) is 6.18. The molecule has 0 aliphatic rings. The highest BCUT2D eigenvalue weighted by Crippen LogP contribution is 2.16. The van der Waals surface area contributed by atoms with Crippen molar-refractivity contribution < 1.29 is 14.3 Å². The van der Waals surface area contributed by atoms with E-state index in [-0.39, 0.29) is 11.7 Å².